The molecule has 4 heterocycles. The van der Waals surface area contributed by atoms with Gasteiger partial charge in [-0.05, 0) is 57.7 Å². The largest absolute Gasteiger partial charge is 0.381 e. The molecule has 3 fully saturated rings. The van der Waals surface area contributed by atoms with Gasteiger partial charge in [0.05, 0.1) is 12.7 Å². The lowest BCUT2D eigenvalue weighted by molar-refractivity contribution is -0.0139. The first kappa shape index (κ1) is 22.8. The highest BCUT2D eigenvalue weighted by Gasteiger charge is 2.40. The van der Waals surface area contributed by atoms with E-state index in [4.69, 9.17) is 9.73 Å². The van der Waals surface area contributed by atoms with Crippen LogP contribution in [0.2, 0.25) is 0 Å². The van der Waals surface area contributed by atoms with Crippen LogP contribution in [0.5, 0.6) is 0 Å². The summed E-state index contributed by atoms with van der Waals surface area (Å²) in [6.45, 7) is 10.2. The smallest absolute Gasteiger partial charge is 0.194 e. The summed E-state index contributed by atoms with van der Waals surface area (Å²) >= 11 is 0. The van der Waals surface area contributed by atoms with Gasteiger partial charge in [-0.15, -0.1) is 24.0 Å². The highest BCUT2D eigenvalue weighted by Crippen LogP contribution is 2.32. The molecule has 3 saturated heterocycles. The molecule has 3 aliphatic rings. The quantitative estimate of drug-likeness (QED) is 0.370. The Labute approximate surface area is 192 Å². The van der Waals surface area contributed by atoms with Crippen molar-refractivity contribution < 1.29 is 4.74 Å². The lowest BCUT2D eigenvalue weighted by Crippen LogP contribution is -2.54. The number of ether oxygens (including phenoxy) is 1. The van der Waals surface area contributed by atoms with Crippen LogP contribution in [0.4, 0.5) is 0 Å². The van der Waals surface area contributed by atoms with Gasteiger partial charge < -0.3 is 15.0 Å². The molecule has 0 aromatic carbocycles. The van der Waals surface area contributed by atoms with Crippen molar-refractivity contribution in [3.8, 4) is 0 Å². The zero-order chi connectivity index (χ0) is 19.4. The fourth-order valence-corrected chi connectivity index (χ4v) is 5.04. The van der Waals surface area contributed by atoms with E-state index < -0.39 is 0 Å². The molecule has 1 N–H and O–H groups in total. The Hall–Kier alpha value is -0.870. The van der Waals surface area contributed by atoms with Crippen LogP contribution in [0.25, 0.3) is 0 Å². The first-order valence-corrected chi connectivity index (χ1v) is 11.0. The van der Waals surface area contributed by atoms with Gasteiger partial charge in [-0.1, -0.05) is 0 Å². The van der Waals surface area contributed by atoms with E-state index in [0.29, 0.717) is 5.92 Å². The van der Waals surface area contributed by atoms with Gasteiger partial charge in [0.2, 0.25) is 0 Å². The monoisotopic (exact) mass is 516 g/mol. The second-order valence-corrected chi connectivity index (χ2v) is 8.58. The number of guanidine groups is 1. The molecular weight excluding hydrogens is 479 g/mol. The fraction of sp³-hybridized carbons (Fsp3) is 0.810. The lowest BCUT2D eigenvalue weighted by Gasteiger charge is -2.43. The molecule has 8 heteroatoms. The third kappa shape index (κ3) is 5.25. The highest BCUT2D eigenvalue weighted by molar-refractivity contribution is 14.0. The summed E-state index contributed by atoms with van der Waals surface area (Å²) in [6, 6.07) is 0. The minimum Gasteiger partial charge on any atom is -0.381 e. The molecule has 0 bridgehead atoms. The molecule has 0 amide bonds. The molecule has 0 saturated carbocycles. The summed E-state index contributed by atoms with van der Waals surface area (Å²) in [7, 11) is 1.99. The Morgan fingerprint density at radius 2 is 2.03 bits per heavy atom. The maximum atomic E-state index is 5.69. The topological polar surface area (TPSA) is 57.9 Å². The number of rotatable bonds is 5. The second kappa shape index (κ2) is 10.4. The van der Waals surface area contributed by atoms with E-state index in [1.165, 1.54) is 37.9 Å². The molecule has 0 spiro atoms. The van der Waals surface area contributed by atoms with Crippen LogP contribution in [0.15, 0.2) is 17.4 Å². The van der Waals surface area contributed by atoms with Crippen molar-refractivity contribution in [2.75, 3.05) is 52.5 Å². The molecule has 1 aromatic rings. The van der Waals surface area contributed by atoms with Crippen LogP contribution in [0.1, 0.15) is 50.5 Å². The van der Waals surface area contributed by atoms with Gasteiger partial charge in [0.25, 0.3) is 0 Å². The summed E-state index contributed by atoms with van der Waals surface area (Å²) < 4.78 is 7.60. The molecule has 1 aromatic heterocycles. The van der Waals surface area contributed by atoms with Crippen LogP contribution in [-0.2, 0) is 11.8 Å². The number of aromatic nitrogens is 2. The zero-order valence-corrected chi connectivity index (χ0v) is 20.3. The molecule has 0 radical (unpaired) electrons. The second-order valence-electron chi connectivity index (χ2n) is 8.58. The summed E-state index contributed by atoms with van der Waals surface area (Å²) in [5, 5.41) is 7.91. The third-order valence-corrected chi connectivity index (χ3v) is 6.74. The van der Waals surface area contributed by atoms with Crippen molar-refractivity contribution in [3.63, 3.8) is 0 Å². The Balaban J connectivity index is 0.00000240. The van der Waals surface area contributed by atoms with E-state index in [2.05, 4.69) is 33.3 Å². The number of nitrogens with zero attached hydrogens (tertiary/aromatic N) is 5. The van der Waals surface area contributed by atoms with Crippen LogP contribution in [-0.4, -0.2) is 83.6 Å². The van der Waals surface area contributed by atoms with Crippen molar-refractivity contribution in [3.05, 3.63) is 18.0 Å². The molecule has 4 rings (SSSR count). The maximum absolute atomic E-state index is 5.69. The first-order chi connectivity index (χ1) is 13.7. The minimum atomic E-state index is 0. The van der Waals surface area contributed by atoms with E-state index in [9.17, 15) is 0 Å². The number of likely N-dealkylation sites (tertiary alicyclic amines) is 2. The average molecular weight is 516 g/mol. The van der Waals surface area contributed by atoms with Gasteiger partial charge >= 0.3 is 0 Å². The summed E-state index contributed by atoms with van der Waals surface area (Å²) in [4.78, 5) is 10.3. The van der Waals surface area contributed by atoms with Crippen LogP contribution >= 0.6 is 24.0 Å². The number of halogens is 1. The Kier molecular flexibility index (Phi) is 8.21. The molecule has 29 heavy (non-hydrogen) atoms. The van der Waals surface area contributed by atoms with Gasteiger partial charge in [0, 0.05) is 57.5 Å². The van der Waals surface area contributed by atoms with Gasteiger partial charge in [-0.2, -0.15) is 5.10 Å². The number of hydrogen-bond donors (Lipinski definition) is 1. The Morgan fingerprint density at radius 1 is 1.28 bits per heavy atom. The van der Waals surface area contributed by atoms with E-state index in [-0.39, 0.29) is 29.5 Å². The van der Waals surface area contributed by atoms with Gasteiger partial charge in [0.1, 0.15) is 0 Å². The number of hydrogen-bond acceptors (Lipinski definition) is 4. The number of nitrogens with one attached hydrogen (secondary N) is 1. The predicted octanol–water partition coefficient (Wildman–Crippen LogP) is 2.44. The molecule has 7 nitrogen and oxygen atoms in total. The van der Waals surface area contributed by atoms with Gasteiger partial charge in [0.15, 0.2) is 5.96 Å². The SMILES string of the molecule is CCNC(=NCC1(N2CCCC2)CCOCC1)N1CCC(c2cnn(C)c2)C1.I. The molecule has 3 aliphatic heterocycles. The molecular formula is C21H37IN6O. The van der Waals surface area contributed by atoms with Crippen LogP contribution in [0.3, 0.4) is 0 Å². The molecule has 164 valence electrons. The van der Waals surface area contributed by atoms with Gasteiger partial charge in [-0.3, -0.25) is 14.6 Å². The fourth-order valence-electron chi connectivity index (χ4n) is 5.04. The summed E-state index contributed by atoms with van der Waals surface area (Å²) in [6.07, 6.45) is 10.2. The van der Waals surface area contributed by atoms with Gasteiger partial charge in [-0.25, -0.2) is 0 Å². The maximum Gasteiger partial charge on any atom is 0.194 e. The van der Waals surface area contributed by atoms with E-state index in [0.717, 1.165) is 58.2 Å². The Morgan fingerprint density at radius 3 is 2.69 bits per heavy atom. The van der Waals surface area contributed by atoms with Crippen LogP contribution < -0.4 is 5.32 Å². The summed E-state index contributed by atoms with van der Waals surface area (Å²) in [5.41, 5.74) is 1.54. The van der Waals surface area contributed by atoms with Crippen molar-refractivity contribution in [2.45, 2.75) is 50.5 Å². The predicted molar refractivity (Wildman–Crippen MR) is 127 cm³/mol. The van der Waals surface area contributed by atoms with E-state index in [1.807, 2.05) is 17.9 Å². The standard InChI is InChI=1S/C21H36N6O.HI/c1-3-22-20(26-11-6-18(16-26)19-14-24-25(2)15-19)23-17-21(7-12-28-13-8-21)27-9-4-5-10-27;/h14-15,18H,3-13,16-17H2,1-2H3,(H,22,23);1H. The van der Waals surface area contributed by atoms with Crippen molar-refractivity contribution in [2.24, 2.45) is 12.0 Å². The number of aliphatic imine (C=N–C) groups is 1. The summed E-state index contributed by atoms with van der Waals surface area (Å²) in [5.74, 6) is 1.63. The number of aryl methyl sites for hydroxylation is 1. The average Bonchev–Trinajstić information content (AvgIpc) is 3.47. The minimum absolute atomic E-state index is 0. The zero-order valence-electron chi connectivity index (χ0n) is 18.0. The van der Waals surface area contributed by atoms with E-state index >= 15 is 0 Å². The lowest BCUT2D eigenvalue weighted by atomic mass is 9.88. The first-order valence-electron chi connectivity index (χ1n) is 11.0. The van der Waals surface area contributed by atoms with Crippen LogP contribution in [0, 0.1) is 0 Å². The van der Waals surface area contributed by atoms with E-state index in [1.54, 1.807) is 0 Å². The molecule has 1 atom stereocenters. The van der Waals surface area contributed by atoms with Crippen molar-refractivity contribution >= 4 is 29.9 Å². The third-order valence-electron chi connectivity index (χ3n) is 6.74. The Bertz CT molecular complexity index is 666. The molecule has 1 unspecified atom stereocenters. The normalized spacial score (nSPS) is 25.2. The van der Waals surface area contributed by atoms with Crippen molar-refractivity contribution in [1.82, 2.24) is 24.9 Å². The van der Waals surface area contributed by atoms with Crippen molar-refractivity contribution in [1.29, 1.82) is 0 Å². The highest BCUT2D eigenvalue weighted by atomic mass is 127. The molecule has 0 aliphatic carbocycles.